The number of hydrogen-bond donors (Lipinski definition) is 1. The molecule has 1 amide bonds. The smallest absolute Gasteiger partial charge is 0.276 e. The van der Waals surface area contributed by atoms with E-state index in [4.69, 9.17) is 32.7 Å². The highest BCUT2D eigenvalue weighted by Gasteiger charge is 2.16. The van der Waals surface area contributed by atoms with Crippen LogP contribution in [-0.4, -0.2) is 20.6 Å². The van der Waals surface area contributed by atoms with Gasteiger partial charge < -0.3 is 14.8 Å². The van der Waals surface area contributed by atoms with E-state index in [-0.39, 0.29) is 29.5 Å². The fourth-order valence-corrected chi connectivity index (χ4v) is 3.47. The number of anilines is 1. The average Bonchev–Trinajstić information content (AvgIpc) is 3.29. The van der Waals surface area contributed by atoms with E-state index in [1.54, 1.807) is 48.7 Å². The molecule has 0 radical (unpaired) electrons. The van der Waals surface area contributed by atoms with Crippen LogP contribution in [0.3, 0.4) is 0 Å². The molecule has 1 heterocycles. The van der Waals surface area contributed by atoms with Crippen molar-refractivity contribution in [1.82, 2.24) is 9.78 Å². The Morgan fingerprint density at radius 1 is 1.03 bits per heavy atom. The summed E-state index contributed by atoms with van der Waals surface area (Å²) in [4.78, 5) is 23.5. The van der Waals surface area contributed by atoms with Gasteiger partial charge in [-0.3, -0.25) is 14.9 Å². The Balaban J connectivity index is 1.46. The van der Waals surface area contributed by atoms with E-state index in [9.17, 15) is 14.9 Å². The molecule has 1 aromatic heterocycles. The molecule has 0 aliphatic heterocycles. The number of rotatable bonds is 8. The number of nitrogens with zero attached hydrogens (tertiary/aromatic N) is 3. The zero-order chi connectivity index (χ0) is 24.9. The SMILES string of the molecule is Cc1cc(Cl)ccc1OCn1ccc(C(=O)Nc2cc(Oc3ccc(Cl)cc3)cc([N+](=O)[O-])c2)n1. The van der Waals surface area contributed by atoms with Gasteiger partial charge in [-0.15, -0.1) is 0 Å². The molecule has 4 rings (SSSR count). The predicted molar refractivity (Wildman–Crippen MR) is 132 cm³/mol. The van der Waals surface area contributed by atoms with Gasteiger partial charge in [0.1, 0.15) is 17.2 Å². The lowest BCUT2D eigenvalue weighted by Gasteiger charge is -2.10. The number of hydrogen-bond acceptors (Lipinski definition) is 6. The van der Waals surface area contributed by atoms with Crippen molar-refractivity contribution in [1.29, 1.82) is 0 Å². The van der Waals surface area contributed by atoms with Crippen LogP contribution in [0.4, 0.5) is 11.4 Å². The van der Waals surface area contributed by atoms with Crippen molar-refractivity contribution in [3.63, 3.8) is 0 Å². The Hall–Kier alpha value is -4.08. The lowest BCUT2D eigenvalue weighted by Crippen LogP contribution is -2.14. The number of carbonyl (C=O) groups excluding carboxylic acids is 1. The van der Waals surface area contributed by atoms with Crippen molar-refractivity contribution in [3.8, 4) is 17.2 Å². The fraction of sp³-hybridized carbons (Fsp3) is 0.0833. The molecule has 35 heavy (non-hydrogen) atoms. The van der Waals surface area contributed by atoms with E-state index in [0.29, 0.717) is 21.5 Å². The number of nitro benzene ring substituents is 1. The molecule has 9 nitrogen and oxygen atoms in total. The molecule has 3 aromatic carbocycles. The van der Waals surface area contributed by atoms with Gasteiger partial charge >= 0.3 is 0 Å². The number of non-ortho nitro benzene ring substituents is 1. The third-order valence-electron chi connectivity index (χ3n) is 4.77. The molecule has 0 saturated heterocycles. The first kappa shape index (κ1) is 24.1. The summed E-state index contributed by atoms with van der Waals surface area (Å²) in [6, 6.07) is 17.2. The normalized spacial score (nSPS) is 10.6. The molecule has 0 bridgehead atoms. The van der Waals surface area contributed by atoms with E-state index in [0.717, 1.165) is 5.56 Å². The molecule has 0 aliphatic carbocycles. The van der Waals surface area contributed by atoms with Gasteiger partial charge in [0, 0.05) is 28.4 Å². The molecule has 0 aliphatic rings. The molecular weight excluding hydrogens is 495 g/mol. The highest BCUT2D eigenvalue weighted by atomic mass is 35.5. The largest absolute Gasteiger partial charge is 0.471 e. The zero-order valence-electron chi connectivity index (χ0n) is 18.3. The van der Waals surface area contributed by atoms with Gasteiger partial charge in [0.15, 0.2) is 12.4 Å². The van der Waals surface area contributed by atoms with Crippen LogP contribution in [0.25, 0.3) is 0 Å². The summed E-state index contributed by atoms with van der Waals surface area (Å²) in [5, 5.41) is 19.3. The number of amides is 1. The number of carbonyl (C=O) groups is 1. The summed E-state index contributed by atoms with van der Waals surface area (Å²) >= 11 is 11.8. The summed E-state index contributed by atoms with van der Waals surface area (Å²) in [5.74, 6) is 0.695. The van der Waals surface area contributed by atoms with Crippen molar-refractivity contribution in [2.24, 2.45) is 0 Å². The van der Waals surface area contributed by atoms with Crippen molar-refractivity contribution < 1.29 is 19.2 Å². The Labute approximate surface area is 210 Å². The molecule has 4 aromatic rings. The molecule has 0 unspecified atom stereocenters. The number of nitrogens with one attached hydrogen (secondary N) is 1. The number of halogens is 2. The van der Waals surface area contributed by atoms with Crippen LogP contribution in [0.1, 0.15) is 16.1 Å². The van der Waals surface area contributed by atoms with E-state index >= 15 is 0 Å². The van der Waals surface area contributed by atoms with E-state index in [1.807, 2.05) is 6.92 Å². The highest BCUT2D eigenvalue weighted by molar-refractivity contribution is 6.30. The van der Waals surface area contributed by atoms with Gasteiger partial charge in [-0.25, -0.2) is 4.68 Å². The van der Waals surface area contributed by atoms with Crippen molar-refractivity contribution in [2.45, 2.75) is 13.7 Å². The zero-order valence-corrected chi connectivity index (χ0v) is 19.8. The Kier molecular flexibility index (Phi) is 7.19. The summed E-state index contributed by atoms with van der Waals surface area (Å²) in [7, 11) is 0. The molecule has 11 heteroatoms. The van der Waals surface area contributed by atoms with Crippen LogP contribution in [-0.2, 0) is 6.73 Å². The first-order valence-electron chi connectivity index (χ1n) is 10.2. The molecule has 0 atom stereocenters. The number of nitro groups is 1. The lowest BCUT2D eigenvalue weighted by molar-refractivity contribution is -0.384. The second kappa shape index (κ2) is 10.5. The summed E-state index contributed by atoms with van der Waals surface area (Å²) in [5.41, 5.74) is 0.901. The highest BCUT2D eigenvalue weighted by Crippen LogP contribution is 2.30. The second-order valence-electron chi connectivity index (χ2n) is 7.41. The van der Waals surface area contributed by atoms with Crippen molar-refractivity contribution >= 4 is 40.5 Å². The van der Waals surface area contributed by atoms with Crippen LogP contribution >= 0.6 is 23.2 Å². The van der Waals surface area contributed by atoms with Crippen LogP contribution in [0.15, 0.2) is 72.9 Å². The summed E-state index contributed by atoms with van der Waals surface area (Å²) in [6.07, 6.45) is 1.59. The quantitative estimate of drug-likeness (QED) is 0.213. The predicted octanol–water partition coefficient (Wildman–Crippen LogP) is 6.49. The van der Waals surface area contributed by atoms with Crippen molar-refractivity contribution in [3.05, 3.63) is 104 Å². The third kappa shape index (κ3) is 6.28. The van der Waals surface area contributed by atoms with Crippen LogP contribution in [0.5, 0.6) is 17.2 Å². The minimum absolute atomic E-state index is 0.0750. The molecule has 0 spiro atoms. The van der Waals surface area contributed by atoms with Gasteiger partial charge in [0.05, 0.1) is 16.7 Å². The number of aromatic nitrogens is 2. The Morgan fingerprint density at radius 3 is 2.49 bits per heavy atom. The fourth-order valence-electron chi connectivity index (χ4n) is 3.12. The molecule has 0 saturated carbocycles. The first-order chi connectivity index (χ1) is 16.8. The Morgan fingerprint density at radius 2 is 1.77 bits per heavy atom. The standard InChI is InChI=1S/C24H18Cl2N4O5/c1-15-10-17(26)4-7-23(15)34-14-29-9-8-22(28-29)24(31)27-18-11-19(30(32)33)13-21(12-18)35-20-5-2-16(25)3-6-20/h2-13H,14H2,1H3,(H,27,31). The molecular formula is C24H18Cl2N4O5. The molecule has 1 N–H and O–H groups in total. The van der Waals surface area contributed by atoms with Crippen LogP contribution < -0.4 is 14.8 Å². The Bertz CT molecular complexity index is 1390. The van der Waals surface area contributed by atoms with Gasteiger partial charge in [-0.1, -0.05) is 23.2 Å². The molecule has 0 fully saturated rings. The maximum atomic E-state index is 12.7. The minimum Gasteiger partial charge on any atom is -0.471 e. The van der Waals surface area contributed by atoms with E-state index in [2.05, 4.69) is 10.4 Å². The average molecular weight is 513 g/mol. The maximum Gasteiger partial charge on any atom is 0.276 e. The van der Waals surface area contributed by atoms with Crippen molar-refractivity contribution in [2.75, 3.05) is 5.32 Å². The van der Waals surface area contributed by atoms with Gasteiger partial charge in [0.2, 0.25) is 0 Å². The lowest BCUT2D eigenvalue weighted by atomic mass is 10.2. The third-order valence-corrected chi connectivity index (χ3v) is 5.26. The van der Waals surface area contributed by atoms with Gasteiger partial charge in [-0.05, 0) is 61.0 Å². The molecule has 178 valence electrons. The number of ether oxygens (including phenoxy) is 2. The van der Waals surface area contributed by atoms with Crippen LogP contribution in [0, 0.1) is 17.0 Å². The summed E-state index contributed by atoms with van der Waals surface area (Å²) in [6.45, 7) is 1.94. The summed E-state index contributed by atoms with van der Waals surface area (Å²) < 4.78 is 12.9. The second-order valence-corrected chi connectivity index (χ2v) is 8.28. The van der Waals surface area contributed by atoms with Gasteiger partial charge in [0.25, 0.3) is 11.6 Å². The van der Waals surface area contributed by atoms with Gasteiger partial charge in [-0.2, -0.15) is 5.10 Å². The minimum atomic E-state index is -0.574. The first-order valence-corrected chi connectivity index (χ1v) is 11.0. The topological polar surface area (TPSA) is 109 Å². The van der Waals surface area contributed by atoms with E-state index < -0.39 is 10.8 Å². The monoisotopic (exact) mass is 512 g/mol. The number of benzene rings is 3. The number of aryl methyl sites for hydroxylation is 1. The van der Waals surface area contributed by atoms with Crippen LogP contribution in [0.2, 0.25) is 10.0 Å². The maximum absolute atomic E-state index is 12.7. The van der Waals surface area contributed by atoms with E-state index in [1.165, 1.54) is 28.9 Å².